The van der Waals surface area contributed by atoms with Gasteiger partial charge in [0.25, 0.3) is 5.91 Å². The van der Waals surface area contributed by atoms with Crippen molar-refractivity contribution < 1.29 is 14.3 Å². The van der Waals surface area contributed by atoms with Crippen LogP contribution in [0.1, 0.15) is 33.2 Å². The van der Waals surface area contributed by atoms with E-state index in [1.54, 1.807) is 60.1 Å². The fraction of sp³-hybridized carbons (Fsp3) is 0.421. The van der Waals surface area contributed by atoms with Crippen LogP contribution < -0.4 is 10.1 Å². The molecule has 0 aliphatic carbocycles. The molecule has 8 heteroatoms. The highest BCUT2D eigenvalue weighted by Gasteiger charge is 2.38. The van der Waals surface area contributed by atoms with E-state index in [-0.39, 0.29) is 17.9 Å². The summed E-state index contributed by atoms with van der Waals surface area (Å²) in [7, 11) is 0. The molecule has 1 aliphatic rings. The lowest BCUT2D eigenvalue weighted by atomic mass is 10.1. The van der Waals surface area contributed by atoms with Crippen molar-refractivity contribution in [1.82, 2.24) is 14.7 Å². The molecule has 0 spiro atoms. The van der Waals surface area contributed by atoms with Crippen molar-refractivity contribution in [3.63, 3.8) is 0 Å². The normalized spacial score (nSPS) is 17.0. The molecule has 0 saturated carbocycles. The summed E-state index contributed by atoms with van der Waals surface area (Å²) in [5, 5.41) is 7.63. The lowest BCUT2D eigenvalue weighted by Gasteiger charge is -2.30. The quantitative estimate of drug-likeness (QED) is 0.850. The van der Waals surface area contributed by atoms with Gasteiger partial charge in [0.15, 0.2) is 5.60 Å². The number of likely N-dealkylation sites (tertiary alicyclic amines) is 1. The number of aromatic nitrogens is 2. The van der Waals surface area contributed by atoms with Crippen LogP contribution in [0.3, 0.4) is 0 Å². The summed E-state index contributed by atoms with van der Waals surface area (Å²) in [5.41, 5.74) is -0.340. The van der Waals surface area contributed by atoms with Gasteiger partial charge in [-0.1, -0.05) is 11.6 Å². The molecule has 7 nitrogen and oxygen atoms in total. The maximum absolute atomic E-state index is 13.0. The van der Waals surface area contributed by atoms with Crippen LogP contribution >= 0.6 is 11.6 Å². The zero-order valence-electron chi connectivity index (χ0n) is 15.6. The molecule has 1 aromatic carbocycles. The van der Waals surface area contributed by atoms with Crippen molar-refractivity contribution in [1.29, 1.82) is 0 Å². The van der Waals surface area contributed by atoms with Crippen LogP contribution in [0.4, 0.5) is 5.69 Å². The molecule has 3 rings (SSSR count). The topological polar surface area (TPSA) is 76.5 Å². The maximum Gasteiger partial charge on any atom is 0.266 e. The molecule has 27 heavy (non-hydrogen) atoms. The first-order valence-corrected chi connectivity index (χ1v) is 9.18. The summed E-state index contributed by atoms with van der Waals surface area (Å²) in [5.74, 6) is 0.383. The Kier molecular flexibility index (Phi) is 5.41. The minimum atomic E-state index is -0.992. The van der Waals surface area contributed by atoms with Crippen LogP contribution in [-0.2, 0) is 9.59 Å². The van der Waals surface area contributed by atoms with Gasteiger partial charge in [-0.25, -0.2) is 0 Å². The van der Waals surface area contributed by atoms with E-state index < -0.39 is 5.60 Å². The van der Waals surface area contributed by atoms with E-state index in [1.807, 2.05) is 0 Å². The highest BCUT2D eigenvalue weighted by molar-refractivity contribution is 6.30. The highest BCUT2D eigenvalue weighted by atomic mass is 35.5. The predicted molar refractivity (Wildman–Crippen MR) is 103 cm³/mol. The van der Waals surface area contributed by atoms with Gasteiger partial charge >= 0.3 is 0 Å². The zero-order valence-corrected chi connectivity index (χ0v) is 16.4. The van der Waals surface area contributed by atoms with E-state index in [9.17, 15) is 9.59 Å². The van der Waals surface area contributed by atoms with Gasteiger partial charge in [-0.2, -0.15) is 5.10 Å². The third-order valence-electron chi connectivity index (χ3n) is 4.45. The number of hydrogen-bond donors (Lipinski definition) is 1. The number of amides is 2. The Morgan fingerprint density at radius 1 is 1.30 bits per heavy atom. The van der Waals surface area contributed by atoms with Crippen LogP contribution in [0.2, 0.25) is 5.02 Å². The molecule has 1 aromatic heterocycles. The summed E-state index contributed by atoms with van der Waals surface area (Å²) in [6.45, 7) is 6.16. The number of ether oxygens (including phenoxy) is 1. The molecular formula is C19H23ClN4O3. The van der Waals surface area contributed by atoms with Gasteiger partial charge in [0, 0.05) is 31.2 Å². The van der Waals surface area contributed by atoms with Crippen molar-refractivity contribution in [3.05, 3.63) is 41.7 Å². The fourth-order valence-corrected chi connectivity index (χ4v) is 3.30. The summed E-state index contributed by atoms with van der Waals surface area (Å²) in [4.78, 5) is 25.9. The Hall–Kier alpha value is -2.54. The van der Waals surface area contributed by atoms with Crippen molar-refractivity contribution in [3.8, 4) is 5.75 Å². The minimum Gasteiger partial charge on any atom is -0.478 e. The predicted octanol–water partition coefficient (Wildman–Crippen LogP) is 3.13. The number of nitrogens with zero attached hydrogens (tertiary/aromatic N) is 3. The van der Waals surface area contributed by atoms with Gasteiger partial charge in [0.05, 0.1) is 17.9 Å². The Balaban J connectivity index is 1.63. The number of carbonyl (C=O) groups is 2. The van der Waals surface area contributed by atoms with E-state index >= 15 is 0 Å². The molecule has 1 unspecified atom stereocenters. The number of rotatable bonds is 5. The van der Waals surface area contributed by atoms with Gasteiger partial charge in [0.2, 0.25) is 5.91 Å². The molecule has 1 N–H and O–H groups in total. The number of anilines is 1. The second-order valence-electron chi connectivity index (χ2n) is 7.15. The fourth-order valence-electron chi connectivity index (χ4n) is 3.17. The maximum atomic E-state index is 13.0. The molecule has 1 aliphatic heterocycles. The molecule has 1 fully saturated rings. The average molecular weight is 391 g/mol. The summed E-state index contributed by atoms with van der Waals surface area (Å²) >= 11 is 5.89. The minimum absolute atomic E-state index is 0.0720. The smallest absolute Gasteiger partial charge is 0.266 e. The number of halogens is 1. The second-order valence-corrected chi connectivity index (χ2v) is 7.59. The van der Waals surface area contributed by atoms with Gasteiger partial charge in [-0.05, 0) is 44.5 Å². The molecular weight excluding hydrogens is 368 g/mol. The van der Waals surface area contributed by atoms with Crippen LogP contribution in [-0.4, -0.2) is 45.2 Å². The van der Waals surface area contributed by atoms with Crippen molar-refractivity contribution in [2.45, 2.75) is 38.8 Å². The summed E-state index contributed by atoms with van der Waals surface area (Å²) in [6.07, 6.45) is 4.19. The third-order valence-corrected chi connectivity index (χ3v) is 4.70. The highest BCUT2D eigenvalue weighted by Crippen LogP contribution is 2.27. The monoisotopic (exact) mass is 390 g/mol. The summed E-state index contributed by atoms with van der Waals surface area (Å²) in [6, 6.07) is 7.03. The first kappa shape index (κ1) is 19.2. The molecule has 0 bridgehead atoms. The largest absolute Gasteiger partial charge is 0.478 e. The molecule has 1 saturated heterocycles. The van der Waals surface area contributed by atoms with Crippen LogP contribution in [0.5, 0.6) is 5.75 Å². The van der Waals surface area contributed by atoms with Gasteiger partial charge in [-0.3, -0.25) is 14.3 Å². The average Bonchev–Trinajstić information content (AvgIpc) is 3.24. The van der Waals surface area contributed by atoms with Gasteiger partial charge in [0.1, 0.15) is 5.75 Å². The van der Waals surface area contributed by atoms with Crippen molar-refractivity contribution >= 4 is 29.1 Å². The number of hydrogen-bond acceptors (Lipinski definition) is 4. The first-order chi connectivity index (χ1) is 12.7. The Morgan fingerprint density at radius 3 is 2.67 bits per heavy atom. The SMILES string of the molecule is CC(=O)Nc1cnn(C2CCN(C(=O)C(C)(C)Oc3ccc(Cl)cc3)C2)c1. The van der Waals surface area contributed by atoms with Crippen LogP contribution in [0, 0.1) is 0 Å². The van der Waals surface area contributed by atoms with E-state index in [0.717, 1.165) is 6.42 Å². The van der Waals surface area contributed by atoms with E-state index in [1.165, 1.54) is 6.92 Å². The number of benzene rings is 1. The van der Waals surface area contributed by atoms with E-state index in [2.05, 4.69) is 10.4 Å². The van der Waals surface area contributed by atoms with E-state index in [4.69, 9.17) is 16.3 Å². The van der Waals surface area contributed by atoms with Crippen molar-refractivity contribution in [2.24, 2.45) is 0 Å². The Bertz CT molecular complexity index is 832. The standard InChI is InChI=1S/C19H23ClN4O3/c1-13(25)22-15-10-21-24(11-15)16-8-9-23(12-16)18(26)19(2,3)27-17-6-4-14(20)5-7-17/h4-7,10-11,16H,8-9,12H2,1-3H3,(H,22,25). The molecule has 2 aromatic rings. The lowest BCUT2D eigenvalue weighted by Crippen LogP contribution is -2.48. The molecule has 1 atom stereocenters. The summed E-state index contributed by atoms with van der Waals surface area (Å²) < 4.78 is 7.70. The molecule has 0 radical (unpaired) electrons. The second kappa shape index (κ2) is 7.60. The Labute approximate surface area is 163 Å². The third kappa shape index (κ3) is 4.60. The first-order valence-electron chi connectivity index (χ1n) is 8.80. The lowest BCUT2D eigenvalue weighted by molar-refractivity contribution is -0.144. The Morgan fingerprint density at radius 2 is 2.00 bits per heavy atom. The number of carbonyl (C=O) groups excluding carboxylic acids is 2. The van der Waals surface area contributed by atoms with Crippen LogP contribution in [0.25, 0.3) is 0 Å². The zero-order chi connectivity index (χ0) is 19.6. The van der Waals surface area contributed by atoms with E-state index in [0.29, 0.717) is 29.5 Å². The molecule has 144 valence electrons. The van der Waals surface area contributed by atoms with Gasteiger partial charge in [-0.15, -0.1) is 0 Å². The molecule has 2 heterocycles. The molecule has 2 amide bonds. The van der Waals surface area contributed by atoms with Crippen molar-refractivity contribution in [2.75, 3.05) is 18.4 Å². The number of nitrogens with one attached hydrogen (secondary N) is 1. The van der Waals surface area contributed by atoms with Crippen LogP contribution in [0.15, 0.2) is 36.7 Å². The van der Waals surface area contributed by atoms with Gasteiger partial charge < -0.3 is 15.0 Å².